The highest BCUT2D eigenvalue weighted by Gasteiger charge is 2.43. The van der Waals surface area contributed by atoms with Gasteiger partial charge in [0.05, 0.1) is 12.1 Å². The summed E-state index contributed by atoms with van der Waals surface area (Å²) in [6.07, 6.45) is 0.904. The Morgan fingerprint density at radius 2 is 1.86 bits per heavy atom. The SMILES string of the molecule is Cc1ccc(-c2noc([C@H]3C[C@@H]3F)n2)cc1NC(=O)c1cnc(-c2ccc3[nH]c4ccccc4c3c2)o1. The van der Waals surface area contributed by atoms with Crippen LogP contribution in [-0.4, -0.2) is 32.2 Å². The summed E-state index contributed by atoms with van der Waals surface area (Å²) < 4.78 is 24.4. The fourth-order valence-electron chi connectivity index (χ4n) is 4.50. The molecule has 0 spiro atoms. The number of H-pyrrole nitrogens is 1. The number of fused-ring (bicyclic) bond motifs is 3. The third-order valence-electron chi connectivity index (χ3n) is 6.70. The summed E-state index contributed by atoms with van der Waals surface area (Å²) in [6.45, 7) is 1.88. The van der Waals surface area contributed by atoms with Crippen LogP contribution in [0.15, 0.2) is 75.8 Å². The molecule has 182 valence electrons. The zero-order valence-electron chi connectivity index (χ0n) is 19.7. The lowest BCUT2D eigenvalue weighted by molar-refractivity contribution is 0.0997. The fraction of sp³-hybridized carbons (Fsp3) is 0.143. The molecule has 0 radical (unpaired) electrons. The highest BCUT2D eigenvalue weighted by molar-refractivity contribution is 6.08. The van der Waals surface area contributed by atoms with E-state index in [0.717, 1.165) is 32.9 Å². The molecule has 0 bridgehead atoms. The fourth-order valence-corrected chi connectivity index (χ4v) is 4.50. The monoisotopic (exact) mass is 493 g/mol. The molecule has 0 unspecified atom stereocenters. The predicted octanol–water partition coefficient (Wildman–Crippen LogP) is 6.41. The number of halogens is 1. The predicted molar refractivity (Wildman–Crippen MR) is 136 cm³/mol. The van der Waals surface area contributed by atoms with Crippen molar-refractivity contribution in [2.24, 2.45) is 0 Å². The second kappa shape index (κ2) is 8.12. The summed E-state index contributed by atoms with van der Waals surface area (Å²) in [6, 6.07) is 19.4. The van der Waals surface area contributed by atoms with Crippen molar-refractivity contribution in [2.45, 2.75) is 25.4 Å². The van der Waals surface area contributed by atoms with Crippen LogP contribution in [0.25, 0.3) is 44.6 Å². The van der Waals surface area contributed by atoms with Crippen molar-refractivity contribution in [2.75, 3.05) is 5.32 Å². The molecule has 6 aromatic rings. The van der Waals surface area contributed by atoms with Crippen molar-refractivity contribution < 1.29 is 18.1 Å². The van der Waals surface area contributed by atoms with Crippen LogP contribution < -0.4 is 5.32 Å². The molecule has 3 aromatic carbocycles. The number of aromatic amines is 1. The average molecular weight is 493 g/mol. The van der Waals surface area contributed by atoms with Gasteiger partial charge in [-0.3, -0.25) is 4.79 Å². The molecule has 0 aliphatic heterocycles. The van der Waals surface area contributed by atoms with Gasteiger partial charge in [-0.25, -0.2) is 9.37 Å². The number of alkyl halides is 1. The molecule has 3 heterocycles. The maximum absolute atomic E-state index is 13.3. The Morgan fingerprint density at radius 3 is 2.73 bits per heavy atom. The van der Waals surface area contributed by atoms with Crippen molar-refractivity contribution in [1.29, 1.82) is 0 Å². The van der Waals surface area contributed by atoms with Gasteiger partial charge in [-0.05, 0) is 49.2 Å². The molecule has 1 saturated carbocycles. The van der Waals surface area contributed by atoms with Crippen molar-refractivity contribution in [1.82, 2.24) is 20.1 Å². The van der Waals surface area contributed by atoms with Crippen molar-refractivity contribution >= 4 is 33.4 Å². The number of aryl methyl sites for hydroxylation is 1. The number of anilines is 1. The van der Waals surface area contributed by atoms with Gasteiger partial charge in [-0.15, -0.1) is 0 Å². The first kappa shape index (κ1) is 21.5. The van der Waals surface area contributed by atoms with Gasteiger partial charge in [0.2, 0.25) is 23.4 Å². The molecule has 0 saturated heterocycles. The largest absolute Gasteiger partial charge is 0.431 e. The first-order valence-corrected chi connectivity index (χ1v) is 11.9. The minimum atomic E-state index is -0.919. The lowest BCUT2D eigenvalue weighted by Crippen LogP contribution is -2.12. The lowest BCUT2D eigenvalue weighted by atomic mass is 10.1. The van der Waals surface area contributed by atoms with E-state index in [-0.39, 0.29) is 11.7 Å². The van der Waals surface area contributed by atoms with Gasteiger partial charge < -0.3 is 19.2 Å². The Morgan fingerprint density at radius 1 is 1.05 bits per heavy atom. The van der Waals surface area contributed by atoms with E-state index in [2.05, 4.69) is 31.5 Å². The van der Waals surface area contributed by atoms with Gasteiger partial charge in [0.25, 0.3) is 5.91 Å². The molecule has 2 N–H and O–H groups in total. The molecule has 1 aliphatic carbocycles. The number of nitrogens with one attached hydrogen (secondary N) is 2. The molecule has 1 fully saturated rings. The first-order chi connectivity index (χ1) is 18.0. The average Bonchev–Trinajstić information content (AvgIpc) is 3.34. The third kappa shape index (κ3) is 3.76. The Hall–Kier alpha value is -4.79. The number of oxazole rings is 1. The van der Waals surface area contributed by atoms with E-state index in [1.165, 1.54) is 6.20 Å². The van der Waals surface area contributed by atoms with Crippen LogP contribution >= 0.6 is 0 Å². The van der Waals surface area contributed by atoms with Crippen molar-refractivity contribution in [3.63, 3.8) is 0 Å². The maximum atomic E-state index is 13.3. The van der Waals surface area contributed by atoms with E-state index in [9.17, 15) is 9.18 Å². The molecule has 1 amide bonds. The molecule has 3 aromatic heterocycles. The quantitative estimate of drug-likeness (QED) is 0.287. The highest BCUT2D eigenvalue weighted by atomic mass is 19.1. The van der Waals surface area contributed by atoms with E-state index in [1.54, 1.807) is 6.07 Å². The van der Waals surface area contributed by atoms with Crippen LogP contribution in [0.3, 0.4) is 0 Å². The van der Waals surface area contributed by atoms with Gasteiger partial charge in [0.15, 0.2) is 0 Å². The second-order valence-electron chi connectivity index (χ2n) is 9.26. The number of carbonyl (C=O) groups excluding carboxylic acids is 1. The highest BCUT2D eigenvalue weighted by Crippen LogP contribution is 2.43. The van der Waals surface area contributed by atoms with E-state index >= 15 is 0 Å². The summed E-state index contributed by atoms with van der Waals surface area (Å²) >= 11 is 0. The smallest absolute Gasteiger partial charge is 0.293 e. The zero-order chi connectivity index (χ0) is 25.1. The van der Waals surface area contributed by atoms with Gasteiger partial charge in [0.1, 0.15) is 6.17 Å². The van der Waals surface area contributed by atoms with Crippen LogP contribution in [-0.2, 0) is 0 Å². The molecule has 7 rings (SSSR count). The van der Waals surface area contributed by atoms with Crippen LogP contribution in [0.4, 0.5) is 10.1 Å². The summed E-state index contributed by atoms with van der Waals surface area (Å²) in [5.74, 6) is 0.340. The normalized spacial score (nSPS) is 16.9. The summed E-state index contributed by atoms with van der Waals surface area (Å²) in [7, 11) is 0. The number of amides is 1. The number of hydrogen-bond acceptors (Lipinski definition) is 6. The summed E-state index contributed by atoms with van der Waals surface area (Å²) in [5.41, 5.74) is 4.90. The molecule has 1 aliphatic rings. The molecule has 37 heavy (non-hydrogen) atoms. The van der Waals surface area contributed by atoms with E-state index in [0.29, 0.717) is 35.3 Å². The molecular formula is C28H20FN5O3. The Balaban J connectivity index is 1.14. The van der Waals surface area contributed by atoms with E-state index in [4.69, 9.17) is 8.94 Å². The number of hydrogen-bond donors (Lipinski definition) is 2. The second-order valence-corrected chi connectivity index (χ2v) is 9.26. The van der Waals surface area contributed by atoms with Crippen LogP contribution in [0, 0.1) is 6.92 Å². The van der Waals surface area contributed by atoms with Crippen LogP contribution in [0.2, 0.25) is 0 Å². The van der Waals surface area contributed by atoms with E-state index in [1.807, 2.05) is 55.5 Å². The van der Waals surface area contributed by atoms with Crippen molar-refractivity contribution in [3.8, 4) is 22.8 Å². The molecule has 2 atom stereocenters. The Kier molecular flexibility index (Phi) is 4.72. The summed E-state index contributed by atoms with van der Waals surface area (Å²) in [5, 5.41) is 9.00. The van der Waals surface area contributed by atoms with Gasteiger partial charge in [-0.1, -0.05) is 35.5 Å². The van der Waals surface area contributed by atoms with Crippen LogP contribution in [0.1, 0.15) is 34.3 Å². The maximum Gasteiger partial charge on any atom is 0.293 e. The lowest BCUT2D eigenvalue weighted by Gasteiger charge is -2.08. The Labute approximate surface area is 209 Å². The molecule has 9 heteroatoms. The van der Waals surface area contributed by atoms with Gasteiger partial charge in [0, 0.05) is 38.6 Å². The Bertz CT molecular complexity index is 1820. The number of nitrogens with zero attached hydrogens (tertiary/aromatic N) is 3. The topological polar surface area (TPSA) is 110 Å². The van der Waals surface area contributed by atoms with Gasteiger partial charge >= 0.3 is 0 Å². The minimum absolute atomic E-state index is 0.0865. The summed E-state index contributed by atoms with van der Waals surface area (Å²) in [4.78, 5) is 25.0. The number of carbonyl (C=O) groups is 1. The number of para-hydroxylation sites is 1. The number of benzene rings is 3. The molecular weight excluding hydrogens is 473 g/mol. The minimum Gasteiger partial charge on any atom is -0.431 e. The van der Waals surface area contributed by atoms with Gasteiger partial charge in [-0.2, -0.15) is 4.98 Å². The van der Waals surface area contributed by atoms with Crippen molar-refractivity contribution in [3.05, 3.63) is 84.1 Å². The van der Waals surface area contributed by atoms with Crippen LogP contribution in [0.5, 0.6) is 0 Å². The first-order valence-electron chi connectivity index (χ1n) is 11.9. The zero-order valence-corrected chi connectivity index (χ0v) is 19.7. The third-order valence-corrected chi connectivity index (χ3v) is 6.70. The standard InChI is InChI=1S/C28H20FN5O3/c1-14-6-7-15(25-33-28(37-34-25)19-12-20(19)29)11-23(14)32-26(35)24-13-30-27(36-24)16-8-9-22-18(10-16)17-4-2-3-5-21(17)31-22/h2-11,13,19-20,31H,12H2,1H3,(H,32,35)/t19-,20-/m0/s1. The number of aromatic nitrogens is 4. The molecule has 8 nitrogen and oxygen atoms in total. The number of rotatable bonds is 5. The van der Waals surface area contributed by atoms with E-state index < -0.39 is 12.1 Å².